The highest BCUT2D eigenvalue weighted by Gasteiger charge is 2.19. The molecule has 1 aromatic heterocycles. The van der Waals surface area contributed by atoms with Crippen LogP contribution in [-0.4, -0.2) is 20.7 Å². The van der Waals surface area contributed by atoms with Crippen LogP contribution in [0.4, 0.5) is 0 Å². The Kier molecular flexibility index (Phi) is 6.30. The van der Waals surface area contributed by atoms with Gasteiger partial charge in [0.1, 0.15) is 6.54 Å². The molecule has 0 saturated heterocycles. The third-order valence-electron chi connectivity index (χ3n) is 5.01. The fourth-order valence-electron chi connectivity index (χ4n) is 3.40. The molecule has 5 nitrogen and oxygen atoms in total. The summed E-state index contributed by atoms with van der Waals surface area (Å²) < 4.78 is 2.10. The van der Waals surface area contributed by atoms with Crippen LogP contribution < -0.4 is 5.32 Å². The van der Waals surface area contributed by atoms with Crippen molar-refractivity contribution in [1.82, 2.24) is 20.1 Å². The zero-order chi connectivity index (χ0) is 21.8. The molecule has 2 N–H and O–H groups in total. The molecule has 0 saturated carbocycles. The molecule has 3 aromatic carbocycles. The van der Waals surface area contributed by atoms with Crippen molar-refractivity contribution in [3.05, 3.63) is 105 Å². The van der Waals surface area contributed by atoms with Crippen molar-refractivity contribution in [3.63, 3.8) is 0 Å². The van der Waals surface area contributed by atoms with E-state index in [1.54, 1.807) is 4.57 Å². The first-order chi connectivity index (χ1) is 15.0. The lowest BCUT2D eigenvalue weighted by Gasteiger charge is -2.20. The number of aryl methyl sites for hydroxylation is 1. The SMILES string of the molecule is Cc1ccc(-c2n[nH]c(=S)n2CC(=O)NC(c2ccccc2)c2ccc(Cl)cc2)cc1. The first kappa shape index (κ1) is 21.0. The van der Waals surface area contributed by atoms with Gasteiger partial charge in [-0.2, -0.15) is 5.10 Å². The van der Waals surface area contributed by atoms with E-state index in [0.29, 0.717) is 15.6 Å². The molecule has 1 atom stereocenters. The second kappa shape index (κ2) is 9.29. The Balaban J connectivity index is 1.61. The Labute approximate surface area is 190 Å². The maximum atomic E-state index is 13.1. The zero-order valence-corrected chi connectivity index (χ0v) is 18.5. The van der Waals surface area contributed by atoms with E-state index in [1.807, 2.05) is 85.8 Å². The topological polar surface area (TPSA) is 62.7 Å². The van der Waals surface area contributed by atoms with Gasteiger partial charge in [0.25, 0.3) is 0 Å². The number of halogens is 1. The molecule has 1 heterocycles. The predicted molar refractivity (Wildman–Crippen MR) is 125 cm³/mol. The molecule has 0 aliphatic heterocycles. The van der Waals surface area contributed by atoms with Crippen LogP contribution in [0.5, 0.6) is 0 Å². The Morgan fingerprint density at radius 3 is 2.35 bits per heavy atom. The lowest BCUT2D eigenvalue weighted by atomic mass is 9.98. The molecule has 0 spiro atoms. The third-order valence-corrected chi connectivity index (χ3v) is 5.57. The Bertz CT molecular complexity index is 1230. The summed E-state index contributed by atoms with van der Waals surface area (Å²) in [5, 5.41) is 10.9. The smallest absolute Gasteiger partial charge is 0.240 e. The Morgan fingerprint density at radius 2 is 1.68 bits per heavy atom. The summed E-state index contributed by atoms with van der Waals surface area (Å²) in [4.78, 5) is 13.1. The number of nitrogens with zero attached hydrogens (tertiary/aromatic N) is 2. The molecule has 0 aliphatic carbocycles. The highest BCUT2D eigenvalue weighted by molar-refractivity contribution is 7.71. The van der Waals surface area contributed by atoms with Crippen molar-refractivity contribution in [3.8, 4) is 11.4 Å². The van der Waals surface area contributed by atoms with Gasteiger partial charge in [0.05, 0.1) is 6.04 Å². The fourth-order valence-corrected chi connectivity index (χ4v) is 3.72. The molecule has 1 amide bonds. The van der Waals surface area contributed by atoms with Gasteiger partial charge in [0.15, 0.2) is 10.6 Å². The van der Waals surface area contributed by atoms with Crippen LogP contribution in [-0.2, 0) is 11.3 Å². The number of amides is 1. The summed E-state index contributed by atoms with van der Waals surface area (Å²) >= 11 is 11.4. The quantitative estimate of drug-likeness (QED) is 0.384. The van der Waals surface area contributed by atoms with Gasteiger partial charge >= 0.3 is 0 Å². The van der Waals surface area contributed by atoms with Crippen molar-refractivity contribution in [1.29, 1.82) is 0 Å². The highest BCUT2D eigenvalue weighted by Crippen LogP contribution is 2.24. The predicted octanol–water partition coefficient (Wildman–Crippen LogP) is 5.48. The normalized spacial score (nSPS) is 11.8. The maximum absolute atomic E-state index is 13.1. The van der Waals surface area contributed by atoms with E-state index in [1.165, 1.54) is 0 Å². The molecule has 0 aliphatic rings. The minimum Gasteiger partial charge on any atom is -0.344 e. The van der Waals surface area contributed by atoms with E-state index in [-0.39, 0.29) is 18.5 Å². The van der Waals surface area contributed by atoms with E-state index in [2.05, 4.69) is 15.5 Å². The summed E-state index contributed by atoms with van der Waals surface area (Å²) in [5.41, 5.74) is 3.96. The number of aromatic amines is 1. The minimum absolute atomic E-state index is 0.0511. The average molecular weight is 449 g/mol. The molecule has 0 radical (unpaired) electrons. The molecule has 31 heavy (non-hydrogen) atoms. The number of aromatic nitrogens is 3. The van der Waals surface area contributed by atoms with Crippen LogP contribution in [0, 0.1) is 11.7 Å². The van der Waals surface area contributed by atoms with Gasteiger partial charge in [-0.15, -0.1) is 0 Å². The second-order valence-electron chi connectivity index (χ2n) is 7.27. The summed E-state index contributed by atoms with van der Waals surface area (Å²) in [6.07, 6.45) is 0. The molecule has 0 fully saturated rings. The first-order valence-corrected chi connectivity index (χ1v) is 10.6. The molecule has 0 bridgehead atoms. The van der Waals surface area contributed by atoms with Gasteiger partial charge in [-0.1, -0.05) is 83.9 Å². The maximum Gasteiger partial charge on any atom is 0.240 e. The zero-order valence-electron chi connectivity index (χ0n) is 16.9. The van der Waals surface area contributed by atoms with E-state index in [9.17, 15) is 4.79 Å². The molecule has 7 heteroatoms. The average Bonchev–Trinajstić information content (AvgIpc) is 3.14. The minimum atomic E-state index is -0.310. The van der Waals surface area contributed by atoms with Crippen LogP contribution >= 0.6 is 23.8 Å². The molecule has 156 valence electrons. The van der Waals surface area contributed by atoms with E-state index in [0.717, 1.165) is 22.3 Å². The summed E-state index contributed by atoms with van der Waals surface area (Å²) in [6.45, 7) is 2.07. The lowest BCUT2D eigenvalue weighted by molar-refractivity contribution is -0.122. The van der Waals surface area contributed by atoms with E-state index < -0.39 is 0 Å². The van der Waals surface area contributed by atoms with Crippen molar-refractivity contribution < 1.29 is 4.79 Å². The number of hydrogen-bond acceptors (Lipinski definition) is 3. The Morgan fingerprint density at radius 1 is 1.03 bits per heavy atom. The number of rotatable bonds is 6. The standard InChI is InChI=1S/C24H21ClN4OS/c1-16-7-9-19(10-8-16)23-27-28-24(31)29(23)15-21(30)26-22(17-5-3-2-4-6-17)18-11-13-20(25)14-12-18/h2-14,22H,15H2,1H3,(H,26,30)(H,28,31). The molecule has 4 aromatic rings. The largest absolute Gasteiger partial charge is 0.344 e. The number of nitrogens with one attached hydrogen (secondary N) is 2. The van der Waals surface area contributed by atoms with Gasteiger partial charge in [0, 0.05) is 10.6 Å². The number of benzene rings is 3. The number of carbonyl (C=O) groups excluding carboxylic acids is 1. The highest BCUT2D eigenvalue weighted by atomic mass is 35.5. The lowest BCUT2D eigenvalue weighted by Crippen LogP contribution is -2.32. The third kappa shape index (κ3) is 4.93. The van der Waals surface area contributed by atoms with Crippen LogP contribution in [0.15, 0.2) is 78.9 Å². The Hall–Kier alpha value is -3.22. The molecular weight excluding hydrogens is 428 g/mol. The van der Waals surface area contributed by atoms with Crippen LogP contribution in [0.1, 0.15) is 22.7 Å². The number of carbonyl (C=O) groups is 1. The van der Waals surface area contributed by atoms with E-state index >= 15 is 0 Å². The van der Waals surface area contributed by atoms with Crippen molar-refractivity contribution in [2.24, 2.45) is 0 Å². The van der Waals surface area contributed by atoms with Gasteiger partial charge in [-0.05, 0) is 42.4 Å². The number of H-pyrrole nitrogens is 1. The van der Waals surface area contributed by atoms with Gasteiger partial charge in [-0.3, -0.25) is 14.5 Å². The van der Waals surface area contributed by atoms with E-state index in [4.69, 9.17) is 23.8 Å². The molecular formula is C24H21ClN4OS. The fraction of sp³-hybridized carbons (Fsp3) is 0.125. The van der Waals surface area contributed by atoms with Gasteiger partial charge < -0.3 is 5.32 Å². The number of hydrogen-bond donors (Lipinski definition) is 2. The summed E-state index contributed by atoms with van der Waals surface area (Å²) in [6, 6.07) is 24.9. The van der Waals surface area contributed by atoms with Crippen molar-refractivity contribution in [2.75, 3.05) is 0 Å². The first-order valence-electron chi connectivity index (χ1n) is 9.83. The van der Waals surface area contributed by atoms with Crippen molar-refractivity contribution >= 4 is 29.7 Å². The monoisotopic (exact) mass is 448 g/mol. The summed E-state index contributed by atoms with van der Waals surface area (Å²) in [5.74, 6) is 0.456. The summed E-state index contributed by atoms with van der Waals surface area (Å²) in [7, 11) is 0. The molecule has 4 rings (SSSR count). The van der Waals surface area contributed by atoms with Crippen LogP contribution in [0.3, 0.4) is 0 Å². The van der Waals surface area contributed by atoms with Gasteiger partial charge in [0.2, 0.25) is 5.91 Å². The van der Waals surface area contributed by atoms with Crippen molar-refractivity contribution in [2.45, 2.75) is 19.5 Å². The molecule has 1 unspecified atom stereocenters. The van der Waals surface area contributed by atoms with Crippen LogP contribution in [0.2, 0.25) is 5.02 Å². The van der Waals surface area contributed by atoms with Gasteiger partial charge in [-0.25, -0.2) is 0 Å². The second-order valence-corrected chi connectivity index (χ2v) is 8.09. The van der Waals surface area contributed by atoms with Crippen LogP contribution in [0.25, 0.3) is 11.4 Å².